The molecule has 0 aliphatic heterocycles. The third-order valence-electron chi connectivity index (χ3n) is 6.41. The van der Waals surface area contributed by atoms with Crippen LogP contribution in [0.1, 0.15) is 29.3 Å². The predicted octanol–water partition coefficient (Wildman–Crippen LogP) is 4.77. The molecule has 2 aromatic carbocycles. The van der Waals surface area contributed by atoms with Crippen LogP contribution in [-0.4, -0.2) is 26.1 Å². The van der Waals surface area contributed by atoms with Gasteiger partial charge in [0, 0.05) is 45.0 Å². The maximum Gasteiger partial charge on any atom is 0.290 e. The van der Waals surface area contributed by atoms with Gasteiger partial charge in [-0.05, 0) is 73.2 Å². The van der Waals surface area contributed by atoms with Gasteiger partial charge < -0.3 is 19.6 Å². The first kappa shape index (κ1) is 23.8. The topological polar surface area (TPSA) is 108 Å². The molecule has 178 valence electrons. The number of aromatic nitrogens is 3. The van der Waals surface area contributed by atoms with Crippen LogP contribution in [-0.2, 0) is 17.8 Å². The Morgan fingerprint density at radius 1 is 0.971 bits per heavy atom. The van der Waals surface area contributed by atoms with Crippen molar-refractivity contribution in [3.8, 4) is 11.1 Å². The number of para-hydroxylation sites is 1. The molecule has 0 aliphatic rings. The molecule has 0 fully saturated rings. The van der Waals surface area contributed by atoms with E-state index in [-0.39, 0.29) is 17.6 Å². The van der Waals surface area contributed by atoms with Crippen molar-refractivity contribution in [1.82, 2.24) is 14.5 Å². The summed E-state index contributed by atoms with van der Waals surface area (Å²) in [5, 5.41) is 8.93. The van der Waals surface area contributed by atoms with E-state index in [1.165, 1.54) is 11.1 Å². The summed E-state index contributed by atoms with van der Waals surface area (Å²) >= 11 is 0. The van der Waals surface area contributed by atoms with Gasteiger partial charge in [0.2, 0.25) is 0 Å². The highest BCUT2D eigenvalue weighted by atomic mass is 16.3. The smallest absolute Gasteiger partial charge is 0.290 e. The Hall–Kier alpha value is -4.39. The van der Waals surface area contributed by atoms with Crippen molar-refractivity contribution in [1.29, 1.82) is 0 Å². The van der Waals surface area contributed by atoms with Gasteiger partial charge in [-0.15, -0.1) is 0 Å². The van der Waals surface area contributed by atoms with Crippen LogP contribution in [0.5, 0.6) is 0 Å². The van der Waals surface area contributed by atoms with Gasteiger partial charge in [0.25, 0.3) is 17.6 Å². The minimum Gasteiger partial charge on any atom is -0.483 e. The largest absolute Gasteiger partial charge is 0.483 e. The number of hydrogen-bond donors (Lipinski definition) is 3. The summed E-state index contributed by atoms with van der Waals surface area (Å²) in [6.45, 7) is 6.46. The molecule has 0 bridgehead atoms. The normalized spacial score (nSPS) is 10.8. The lowest BCUT2D eigenvalue weighted by Crippen LogP contribution is -2.16. The van der Waals surface area contributed by atoms with E-state index in [2.05, 4.69) is 40.5 Å². The fourth-order valence-electron chi connectivity index (χ4n) is 4.70. The predicted molar refractivity (Wildman–Crippen MR) is 139 cm³/mol. The second kappa shape index (κ2) is 9.85. The summed E-state index contributed by atoms with van der Waals surface area (Å²) < 4.78 is 2.16. The highest BCUT2D eigenvalue weighted by Crippen LogP contribution is 2.35. The number of aryl methyl sites for hydroxylation is 2. The fraction of sp³-hybridized carbons (Fsp3) is 0.179. The Bertz CT molecular complexity index is 1660. The Labute approximate surface area is 201 Å². The van der Waals surface area contributed by atoms with Gasteiger partial charge in [-0.2, -0.15) is 0 Å². The van der Waals surface area contributed by atoms with Crippen molar-refractivity contribution in [3.63, 3.8) is 0 Å². The van der Waals surface area contributed by atoms with Crippen LogP contribution in [0, 0.1) is 13.8 Å². The molecule has 5 aromatic rings. The van der Waals surface area contributed by atoms with Crippen LogP contribution in [0.2, 0.25) is 0 Å². The van der Waals surface area contributed by atoms with Gasteiger partial charge in [-0.1, -0.05) is 25.1 Å². The fourth-order valence-corrected chi connectivity index (χ4v) is 4.70. The van der Waals surface area contributed by atoms with Gasteiger partial charge >= 0.3 is 0 Å². The van der Waals surface area contributed by atoms with E-state index >= 15 is 0 Å². The van der Waals surface area contributed by atoms with Gasteiger partial charge in [-0.3, -0.25) is 14.4 Å². The minimum absolute atomic E-state index is 0.0917. The molecule has 0 saturated carbocycles. The van der Waals surface area contributed by atoms with Crippen molar-refractivity contribution in [3.05, 3.63) is 104 Å². The summed E-state index contributed by atoms with van der Waals surface area (Å²) in [6.07, 6.45) is 2.57. The standard InChI is InChI=1S/C27H25N3O2.CH2O2/c1-4-18-14-22-24(12-16(18)2)30(17(3)25(22)21-9-7-11-28-27(21)32)15-20-13-19-8-5-6-10-23(19)29-26(20)31;2-1-3/h5-14H,4,15H2,1-3H3,(H,28,32)(H,29,31);1H,(H,2,3). The summed E-state index contributed by atoms with van der Waals surface area (Å²) in [6, 6.07) is 17.8. The van der Waals surface area contributed by atoms with Crippen LogP contribution in [0.4, 0.5) is 0 Å². The number of carbonyl (C=O) groups is 1. The highest BCUT2D eigenvalue weighted by Gasteiger charge is 2.20. The van der Waals surface area contributed by atoms with Crippen molar-refractivity contribution in [2.45, 2.75) is 33.7 Å². The van der Waals surface area contributed by atoms with Gasteiger partial charge in [-0.25, -0.2) is 0 Å². The van der Waals surface area contributed by atoms with E-state index in [1.54, 1.807) is 6.20 Å². The summed E-state index contributed by atoms with van der Waals surface area (Å²) in [5.41, 5.74) is 7.35. The molecule has 0 radical (unpaired) electrons. The van der Waals surface area contributed by atoms with E-state index in [4.69, 9.17) is 9.90 Å². The molecule has 0 unspecified atom stereocenters. The number of pyridine rings is 2. The average molecular weight is 470 g/mol. The first-order chi connectivity index (χ1) is 16.9. The minimum atomic E-state index is -0.250. The molecule has 3 heterocycles. The summed E-state index contributed by atoms with van der Waals surface area (Å²) in [5.74, 6) is 0. The zero-order chi connectivity index (χ0) is 25.1. The zero-order valence-electron chi connectivity index (χ0n) is 19.9. The number of fused-ring (bicyclic) bond motifs is 2. The quantitative estimate of drug-likeness (QED) is 0.330. The molecule has 0 saturated heterocycles. The van der Waals surface area contributed by atoms with Crippen molar-refractivity contribution in [2.24, 2.45) is 0 Å². The molecule has 0 amide bonds. The number of benzene rings is 2. The highest BCUT2D eigenvalue weighted by molar-refractivity contribution is 5.99. The second-order valence-electron chi connectivity index (χ2n) is 8.43. The number of rotatable bonds is 4. The number of carboxylic acid groups (broad SMARTS) is 1. The molecule has 7 heteroatoms. The van der Waals surface area contributed by atoms with E-state index in [0.29, 0.717) is 17.7 Å². The maximum atomic E-state index is 12.9. The van der Waals surface area contributed by atoms with Crippen LogP contribution < -0.4 is 11.1 Å². The summed E-state index contributed by atoms with van der Waals surface area (Å²) in [7, 11) is 0. The van der Waals surface area contributed by atoms with Crippen LogP contribution >= 0.6 is 0 Å². The lowest BCUT2D eigenvalue weighted by Gasteiger charge is -2.11. The average Bonchev–Trinajstić information content (AvgIpc) is 3.10. The van der Waals surface area contributed by atoms with E-state index in [0.717, 1.165) is 39.5 Å². The Kier molecular flexibility index (Phi) is 6.68. The first-order valence-electron chi connectivity index (χ1n) is 11.4. The number of aromatic amines is 2. The molecule has 35 heavy (non-hydrogen) atoms. The Morgan fingerprint density at radius 3 is 2.43 bits per heavy atom. The molecule has 3 aromatic heterocycles. The van der Waals surface area contributed by atoms with E-state index in [1.807, 2.05) is 49.4 Å². The van der Waals surface area contributed by atoms with Gasteiger partial charge in [0.1, 0.15) is 0 Å². The van der Waals surface area contributed by atoms with Gasteiger partial charge in [0.15, 0.2) is 0 Å². The van der Waals surface area contributed by atoms with Crippen LogP contribution in [0.3, 0.4) is 0 Å². The third kappa shape index (κ3) is 4.40. The summed E-state index contributed by atoms with van der Waals surface area (Å²) in [4.78, 5) is 39.7. The molecule has 7 nitrogen and oxygen atoms in total. The second-order valence-corrected chi connectivity index (χ2v) is 8.43. The molecule has 0 atom stereocenters. The van der Waals surface area contributed by atoms with Crippen LogP contribution in [0.15, 0.2) is 70.4 Å². The molecular formula is C28H27N3O4. The Balaban J connectivity index is 0.000000917. The lowest BCUT2D eigenvalue weighted by atomic mass is 9.98. The molecule has 0 aliphatic carbocycles. The SMILES string of the molecule is CCc1cc2c(-c3ccc[nH]c3=O)c(C)n(Cc3cc4ccccc4[nH]c3=O)c2cc1C.O=CO. The monoisotopic (exact) mass is 469 g/mol. The third-order valence-corrected chi connectivity index (χ3v) is 6.41. The first-order valence-corrected chi connectivity index (χ1v) is 11.4. The van der Waals surface area contributed by atoms with Gasteiger partial charge in [0.05, 0.1) is 6.54 Å². The lowest BCUT2D eigenvalue weighted by molar-refractivity contribution is -0.122. The zero-order valence-corrected chi connectivity index (χ0v) is 19.9. The maximum absolute atomic E-state index is 12.9. The number of nitrogens with zero attached hydrogens (tertiary/aromatic N) is 1. The van der Waals surface area contributed by atoms with Crippen LogP contribution in [0.25, 0.3) is 32.9 Å². The van der Waals surface area contributed by atoms with Crippen molar-refractivity contribution < 1.29 is 9.90 Å². The molecule has 3 N–H and O–H groups in total. The van der Waals surface area contributed by atoms with E-state index in [9.17, 15) is 9.59 Å². The Morgan fingerprint density at radius 2 is 1.71 bits per heavy atom. The van der Waals surface area contributed by atoms with Crippen molar-refractivity contribution >= 4 is 28.3 Å². The van der Waals surface area contributed by atoms with E-state index < -0.39 is 0 Å². The number of H-pyrrole nitrogens is 2. The molecule has 5 rings (SSSR count). The number of nitrogens with one attached hydrogen (secondary N) is 2. The van der Waals surface area contributed by atoms with Crippen molar-refractivity contribution in [2.75, 3.05) is 0 Å². The molecule has 0 spiro atoms. The molecular weight excluding hydrogens is 442 g/mol. The number of hydrogen-bond acceptors (Lipinski definition) is 3.